The predicted molar refractivity (Wildman–Crippen MR) is 72.0 cm³/mol. The van der Waals surface area contributed by atoms with E-state index in [1.165, 1.54) is 11.9 Å². The second-order valence-electron chi connectivity index (χ2n) is 6.58. The van der Waals surface area contributed by atoms with E-state index in [2.05, 4.69) is 0 Å². The van der Waals surface area contributed by atoms with Crippen molar-refractivity contribution in [2.45, 2.75) is 64.5 Å². The fourth-order valence-corrected chi connectivity index (χ4v) is 2.67. The predicted octanol–water partition coefficient (Wildman–Crippen LogP) is 2.89. The van der Waals surface area contributed by atoms with Crippen LogP contribution in [0.25, 0.3) is 0 Å². The maximum atomic E-state index is 12.1. The van der Waals surface area contributed by atoms with Gasteiger partial charge in [-0.1, -0.05) is 19.8 Å². The molecule has 1 saturated carbocycles. The summed E-state index contributed by atoms with van der Waals surface area (Å²) in [6.07, 6.45) is 2.24. The molecule has 0 heterocycles. The molecule has 0 aromatic rings. The summed E-state index contributed by atoms with van der Waals surface area (Å²) in [6, 6.07) is 0. The van der Waals surface area contributed by atoms with Crippen LogP contribution in [-0.2, 0) is 9.53 Å². The minimum absolute atomic E-state index is 0.301. The van der Waals surface area contributed by atoms with Gasteiger partial charge in [0.05, 0.1) is 0 Å². The number of carboxylic acid groups (broad SMARTS) is 1. The summed E-state index contributed by atoms with van der Waals surface area (Å²) < 4.78 is 5.29. The first kappa shape index (κ1) is 15.8. The van der Waals surface area contributed by atoms with E-state index in [1.807, 2.05) is 6.92 Å². The zero-order valence-electron chi connectivity index (χ0n) is 12.5. The summed E-state index contributed by atoms with van der Waals surface area (Å²) in [5, 5.41) is 9.57. The number of ether oxygens (including phenoxy) is 1. The Morgan fingerprint density at radius 2 is 1.95 bits per heavy atom. The molecule has 5 heteroatoms. The molecule has 1 fully saturated rings. The van der Waals surface area contributed by atoms with Crippen LogP contribution in [0, 0.1) is 5.92 Å². The Bertz CT molecular complexity index is 361. The molecule has 5 nitrogen and oxygen atoms in total. The van der Waals surface area contributed by atoms with E-state index in [-0.39, 0.29) is 0 Å². The average Bonchev–Trinajstić information content (AvgIpc) is 2.25. The number of nitrogens with zero attached hydrogens (tertiary/aromatic N) is 1. The highest BCUT2D eigenvalue weighted by molar-refractivity contribution is 5.84. The number of aliphatic carboxylic acids is 1. The standard InChI is InChI=1S/C14H25NO4/c1-10-7-6-8-14(9-10,11(16)17)15(5)12(18)19-13(2,3)4/h10H,6-9H2,1-5H3,(H,16,17). The van der Waals surface area contributed by atoms with Crippen molar-refractivity contribution in [1.82, 2.24) is 4.90 Å². The monoisotopic (exact) mass is 271 g/mol. The van der Waals surface area contributed by atoms with Crippen molar-refractivity contribution in [3.8, 4) is 0 Å². The molecule has 1 aliphatic rings. The topological polar surface area (TPSA) is 66.8 Å². The van der Waals surface area contributed by atoms with Crippen LogP contribution in [0.4, 0.5) is 4.79 Å². The molecule has 0 radical (unpaired) electrons. The largest absolute Gasteiger partial charge is 0.479 e. The maximum Gasteiger partial charge on any atom is 0.410 e. The molecular formula is C14H25NO4. The van der Waals surface area contributed by atoms with Crippen LogP contribution in [0.1, 0.15) is 53.4 Å². The summed E-state index contributed by atoms with van der Waals surface area (Å²) in [7, 11) is 1.53. The Morgan fingerprint density at radius 1 is 1.37 bits per heavy atom. The van der Waals surface area contributed by atoms with Crippen LogP contribution in [-0.4, -0.2) is 40.3 Å². The molecule has 2 atom stereocenters. The number of hydrogen-bond acceptors (Lipinski definition) is 3. The Morgan fingerprint density at radius 3 is 2.37 bits per heavy atom. The molecular weight excluding hydrogens is 246 g/mol. The second kappa shape index (κ2) is 5.39. The lowest BCUT2D eigenvalue weighted by atomic mass is 9.75. The molecule has 0 spiro atoms. The van der Waals surface area contributed by atoms with Gasteiger partial charge < -0.3 is 9.84 Å². The number of amides is 1. The first-order valence-corrected chi connectivity index (χ1v) is 6.79. The van der Waals surface area contributed by atoms with Gasteiger partial charge >= 0.3 is 12.1 Å². The van der Waals surface area contributed by atoms with Gasteiger partial charge in [0.15, 0.2) is 0 Å². The van der Waals surface area contributed by atoms with Crippen LogP contribution in [0.3, 0.4) is 0 Å². The normalized spacial score (nSPS) is 27.7. The minimum Gasteiger partial charge on any atom is -0.479 e. The van der Waals surface area contributed by atoms with Gasteiger partial charge in [-0.05, 0) is 39.5 Å². The zero-order chi connectivity index (χ0) is 14.8. The Balaban J connectivity index is 2.93. The average molecular weight is 271 g/mol. The van der Waals surface area contributed by atoms with Gasteiger partial charge in [-0.25, -0.2) is 9.59 Å². The first-order chi connectivity index (χ1) is 8.58. The molecule has 2 unspecified atom stereocenters. The molecule has 0 aliphatic heterocycles. The molecule has 1 N–H and O–H groups in total. The van der Waals surface area contributed by atoms with E-state index in [4.69, 9.17) is 4.74 Å². The van der Waals surface area contributed by atoms with E-state index < -0.39 is 23.2 Å². The van der Waals surface area contributed by atoms with Crippen molar-refractivity contribution in [2.75, 3.05) is 7.05 Å². The summed E-state index contributed by atoms with van der Waals surface area (Å²) >= 11 is 0. The molecule has 0 aromatic carbocycles. The first-order valence-electron chi connectivity index (χ1n) is 6.79. The smallest absolute Gasteiger partial charge is 0.410 e. The summed E-state index contributed by atoms with van der Waals surface area (Å²) in [5.74, 6) is -0.637. The Labute approximate surface area is 114 Å². The van der Waals surface area contributed by atoms with Gasteiger partial charge in [-0.2, -0.15) is 0 Å². The highest BCUT2D eigenvalue weighted by Gasteiger charge is 2.48. The van der Waals surface area contributed by atoms with Crippen molar-refractivity contribution in [2.24, 2.45) is 5.92 Å². The van der Waals surface area contributed by atoms with Gasteiger partial charge in [-0.15, -0.1) is 0 Å². The van der Waals surface area contributed by atoms with E-state index in [1.54, 1.807) is 20.8 Å². The molecule has 110 valence electrons. The third-order valence-corrected chi connectivity index (χ3v) is 3.68. The molecule has 0 bridgehead atoms. The number of carbonyl (C=O) groups is 2. The van der Waals surface area contributed by atoms with E-state index in [0.29, 0.717) is 18.8 Å². The Hall–Kier alpha value is -1.26. The third-order valence-electron chi connectivity index (χ3n) is 3.68. The molecule has 1 amide bonds. The number of carboxylic acids is 1. The SMILES string of the molecule is CC1CCCC(C(=O)O)(N(C)C(=O)OC(C)(C)C)C1. The highest BCUT2D eigenvalue weighted by Crippen LogP contribution is 2.37. The number of hydrogen-bond donors (Lipinski definition) is 1. The number of rotatable bonds is 2. The van der Waals surface area contributed by atoms with Crippen molar-refractivity contribution in [3.63, 3.8) is 0 Å². The lowest BCUT2D eigenvalue weighted by Gasteiger charge is -2.43. The lowest BCUT2D eigenvalue weighted by Crippen LogP contribution is -2.58. The van der Waals surface area contributed by atoms with Crippen molar-refractivity contribution in [1.29, 1.82) is 0 Å². The fraction of sp³-hybridized carbons (Fsp3) is 0.857. The lowest BCUT2D eigenvalue weighted by molar-refractivity contribution is -0.153. The summed E-state index contributed by atoms with van der Waals surface area (Å²) in [5.41, 5.74) is -1.74. The van der Waals surface area contributed by atoms with Crippen molar-refractivity contribution < 1.29 is 19.4 Å². The molecule has 0 saturated heterocycles. The fourth-order valence-electron chi connectivity index (χ4n) is 2.67. The second-order valence-corrected chi connectivity index (χ2v) is 6.58. The van der Waals surface area contributed by atoms with Crippen molar-refractivity contribution in [3.05, 3.63) is 0 Å². The number of likely N-dealkylation sites (N-methyl/N-ethyl adjacent to an activating group) is 1. The minimum atomic E-state index is -1.13. The summed E-state index contributed by atoms with van der Waals surface area (Å²) in [6.45, 7) is 7.35. The molecule has 1 aliphatic carbocycles. The van der Waals surface area contributed by atoms with Gasteiger partial charge in [0, 0.05) is 7.05 Å². The number of carbonyl (C=O) groups excluding carboxylic acids is 1. The third kappa shape index (κ3) is 3.61. The van der Waals surface area contributed by atoms with Crippen LogP contribution in [0.15, 0.2) is 0 Å². The maximum absolute atomic E-state index is 12.1. The van der Waals surface area contributed by atoms with Crippen LogP contribution in [0.2, 0.25) is 0 Å². The molecule has 0 aromatic heterocycles. The quantitative estimate of drug-likeness (QED) is 0.838. The highest BCUT2D eigenvalue weighted by atomic mass is 16.6. The molecule has 19 heavy (non-hydrogen) atoms. The van der Waals surface area contributed by atoms with Gasteiger partial charge in [0.1, 0.15) is 11.1 Å². The van der Waals surface area contributed by atoms with Crippen LogP contribution >= 0.6 is 0 Å². The van der Waals surface area contributed by atoms with E-state index in [9.17, 15) is 14.7 Å². The zero-order valence-corrected chi connectivity index (χ0v) is 12.5. The van der Waals surface area contributed by atoms with E-state index >= 15 is 0 Å². The van der Waals surface area contributed by atoms with Crippen molar-refractivity contribution >= 4 is 12.1 Å². The Kier molecular flexibility index (Phi) is 4.48. The van der Waals surface area contributed by atoms with Gasteiger partial charge in [0.25, 0.3) is 0 Å². The van der Waals surface area contributed by atoms with Crippen LogP contribution < -0.4 is 0 Å². The molecule has 1 rings (SSSR count). The van der Waals surface area contributed by atoms with Gasteiger partial charge in [0.2, 0.25) is 0 Å². The van der Waals surface area contributed by atoms with Crippen LogP contribution in [0.5, 0.6) is 0 Å². The van der Waals surface area contributed by atoms with E-state index in [0.717, 1.165) is 12.8 Å². The van der Waals surface area contributed by atoms with Gasteiger partial charge in [-0.3, -0.25) is 4.90 Å². The summed E-state index contributed by atoms with van der Waals surface area (Å²) in [4.78, 5) is 25.1.